The van der Waals surface area contributed by atoms with Crippen molar-refractivity contribution in [3.05, 3.63) is 0 Å². The fourth-order valence-corrected chi connectivity index (χ4v) is 0.832. The summed E-state index contributed by atoms with van der Waals surface area (Å²) in [5.74, 6) is -0.678. The van der Waals surface area contributed by atoms with Crippen LogP contribution in [0.25, 0.3) is 0 Å². The number of hydrogen-bond acceptors (Lipinski definition) is 2. The summed E-state index contributed by atoms with van der Waals surface area (Å²) in [6, 6.07) is -0.448. The molecule has 0 saturated heterocycles. The first kappa shape index (κ1) is 13.2. The number of carbonyl (C=O) groups excluding carboxylic acids is 1. The van der Waals surface area contributed by atoms with Crippen molar-refractivity contribution in [1.29, 1.82) is 0 Å². The Hall–Kier alpha value is -0.780. The highest BCUT2D eigenvalue weighted by Crippen LogP contribution is 2.20. The summed E-state index contributed by atoms with van der Waals surface area (Å²) in [7, 11) is 0. The molecule has 0 aliphatic rings. The molecule has 0 aromatic heterocycles. The topological polar surface area (TPSA) is 49.3 Å². The van der Waals surface area contributed by atoms with E-state index in [0.29, 0.717) is 6.42 Å². The Labute approximate surface area is 80.3 Å². The monoisotopic (exact) mass is 213 g/mol. The summed E-state index contributed by atoms with van der Waals surface area (Å²) in [6.07, 6.45) is -5.52. The SMILES string of the molecule is CCC(CO)NC(=O)CCC(F)(F)F. The molecular formula is C8H14F3NO2. The smallest absolute Gasteiger partial charge is 0.389 e. The van der Waals surface area contributed by atoms with E-state index in [4.69, 9.17) is 5.11 Å². The zero-order valence-electron chi connectivity index (χ0n) is 7.90. The van der Waals surface area contributed by atoms with Gasteiger partial charge in [0.05, 0.1) is 19.1 Å². The number of aliphatic hydroxyl groups excluding tert-OH is 1. The molecule has 0 heterocycles. The van der Waals surface area contributed by atoms with Gasteiger partial charge in [-0.25, -0.2) is 0 Å². The minimum absolute atomic E-state index is 0.256. The predicted molar refractivity (Wildman–Crippen MR) is 44.6 cm³/mol. The molecule has 0 fully saturated rings. The minimum atomic E-state index is -4.31. The molecule has 1 amide bonds. The highest BCUT2D eigenvalue weighted by Gasteiger charge is 2.28. The van der Waals surface area contributed by atoms with Gasteiger partial charge in [-0.3, -0.25) is 4.79 Å². The lowest BCUT2D eigenvalue weighted by molar-refractivity contribution is -0.144. The first-order chi connectivity index (χ1) is 6.39. The molecule has 6 heteroatoms. The van der Waals surface area contributed by atoms with Crippen molar-refractivity contribution in [2.75, 3.05) is 6.61 Å². The molecule has 84 valence electrons. The van der Waals surface area contributed by atoms with Crippen LogP contribution in [0.3, 0.4) is 0 Å². The Morgan fingerprint density at radius 1 is 1.50 bits per heavy atom. The van der Waals surface area contributed by atoms with E-state index in [1.165, 1.54) is 0 Å². The molecule has 1 atom stereocenters. The average Bonchev–Trinajstić information content (AvgIpc) is 2.09. The summed E-state index contributed by atoms with van der Waals surface area (Å²) in [5.41, 5.74) is 0. The second kappa shape index (κ2) is 5.85. The second-order valence-electron chi connectivity index (χ2n) is 2.97. The van der Waals surface area contributed by atoms with E-state index in [1.54, 1.807) is 6.92 Å². The Balaban J connectivity index is 3.75. The van der Waals surface area contributed by atoms with Crippen molar-refractivity contribution in [3.8, 4) is 0 Å². The zero-order valence-corrected chi connectivity index (χ0v) is 7.90. The Bertz CT molecular complexity index is 178. The van der Waals surface area contributed by atoms with Crippen LogP contribution in [0.2, 0.25) is 0 Å². The fraction of sp³-hybridized carbons (Fsp3) is 0.875. The number of hydrogen-bond donors (Lipinski definition) is 2. The molecule has 0 spiro atoms. The third kappa shape index (κ3) is 6.71. The van der Waals surface area contributed by atoms with Gasteiger partial charge in [0.2, 0.25) is 5.91 Å². The molecule has 0 radical (unpaired) electrons. The molecule has 0 saturated carbocycles. The van der Waals surface area contributed by atoms with Crippen LogP contribution in [0.1, 0.15) is 26.2 Å². The van der Waals surface area contributed by atoms with E-state index in [1.807, 2.05) is 0 Å². The van der Waals surface area contributed by atoms with Gasteiger partial charge in [0.1, 0.15) is 0 Å². The molecule has 0 aliphatic heterocycles. The number of aliphatic hydroxyl groups is 1. The van der Waals surface area contributed by atoms with Gasteiger partial charge < -0.3 is 10.4 Å². The van der Waals surface area contributed by atoms with E-state index in [-0.39, 0.29) is 6.61 Å². The minimum Gasteiger partial charge on any atom is -0.394 e. The molecule has 0 bridgehead atoms. The van der Waals surface area contributed by atoms with Gasteiger partial charge in [-0.05, 0) is 6.42 Å². The molecule has 14 heavy (non-hydrogen) atoms. The maximum absolute atomic E-state index is 11.7. The number of alkyl halides is 3. The Kier molecular flexibility index (Phi) is 5.52. The fourth-order valence-electron chi connectivity index (χ4n) is 0.832. The standard InChI is InChI=1S/C8H14F3NO2/c1-2-6(5-13)12-7(14)3-4-8(9,10)11/h6,13H,2-5H2,1H3,(H,12,14). The highest BCUT2D eigenvalue weighted by molar-refractivity contribution is 5.76. The van der Waals surface area contributed by atoms with Crippen molar-refractivity contribution in [3.63, 3.8) is 0 Å². The second-order valence-corrected chi connectivity index (χ2v) is 2.97. The number of carbonyl (C=O) groups is 1. The van der Waals surface area contributed by atoms with Crippen molar-refractivity contribution < 1.29 is 23.1 Å². The lowest BCUT2D eigenvalue weighted by atomic mass is 10.2. The summed E-state index contributed by atoms with van der Waals surface area (Å²) < 4.78 is 35.1. The largest absolute Gasteiger partial charge is 0.394 e. The first-order valence-corrected chi connectivity index (χ1v) is 4.36. The van der Waals surface area contributed by atoms with Crippen molar-refractivity contribution in [1.82, 2.24) is 5.32 Å². The lowest BCUT2D eigenvalue weighted by Crippen LogP contribution is -2.37. The van der Waals surface area contributed by atoms with Crippen molar-refractivity contribution in [2.45, 2.75) is 38.4 Å². The van der Waals surface area contributed by atoms with Crippen LogP contribution in [-0.4, -0.2) is 29.8 Å². The first-order valence-electron chi connectivity index (χ1n) is 4.36. The van der Waals surface area contributed by atoms with Gasteiger partial charge in [0, 0.05) is 6.42 Å². The summed E-state index contributed by atoms with van der Waals surface area (Å²) in [5, 5.41) is 11.0. The Morgan fingerprint density at radius 2 is 2.07 bits per heavy atom. The molecule has 0 aliphatic carbocycles. The normalized spacial score (nSPS) is 13.8. The molecule has 2 N–H and O–H groups in total. The van der Waals surface area contributed by atoms with Crippen LogP contribution in [0.15, 0.2) is 0 Å². The van der Waals surface area contributed by atoms with Crippen LogP contribution < -0.4 is 5.32 Å². The van der Waals surface area contributed by atoms with Crippen LogP contribution in [0, 0.1) is 0 Å². The molecule has 0 rings (SSSR count). The van der Waals surface area contributed by atoms with Gasteiger partial charge in [-0.15, -0.1) is 0 Å². The average molecular weight is 213 g/mol. The van der Waals surface area contributed by atoms with Gasteiger partial charge in [0.15, 0.2) is 0 Å². The Morgan fingerprint density at radius 3 is 2.43 bits per heavy atom. The summed E-state index contributed by atoms with van der Waals surface area (Å²) >= 11 is 0. The quantitative estimate of drug-likeness (QED) is 0.721. The number of rotatable bonds is 5. The lowest BCUT2D eigenvalue weighted by Gasteiger charge is -2.14. The maximum Gasteiger partial charge on any atom is 0.389 e. The number of amides is 1. The van der Waals surface area contributed by atoms with Crippen LogP contribution in [0.4, 0.5) is 13.2 Å². The van der Waals surface area contributed by atoms with E-state index >= 15 is 0 Å². The molecule has 0 aromatic rings. The van der Waals surface area contributed by atoms with Crippen LogP contribution in [0.5, 0.6) is 0 Å². The highest BCUT2D eigenvalue weighted by atomic mass is 19.4. The molecular weight excluding hydrogens is 199 g/mol. The molecule has 3 nitrogen and oxygen atoms in total. The van der Waals surface area contributed by atoms with Crippen LogP contribution >= 0.6 is 0 Å². The summed E-state index contributed by atoms with van der Waals surface area (Å²) in [6.45, 7) is 1.47. The van der Waals surface area contributed by atoms with E-state index < -0.39 is 31.0 Å². The summed E-state index contributed by atoms with van der Waals surface area (Å²) in [4.78, 5) is 10.9. The number of nitrogens with one attached hydrogen (secondary N) is 1. The van der Waals surface area contributed by atoms with Crippen molar-refractivity contribution >= 4 is 5.91 Å². The van der Waals surface area contributed by atoms with E-state index in [2.05, 4.69) is 5.32 Å². The van der Waals surface area contributed by atoms with Gasteiger partial charge in [-0.2, -0.15) is 13.2 Å². The van der Waals surface area contributed by atoms with Crippen LogP contribution in [-0.2, 0) is 4.79 Å². The third-order valence-electron chi connectivity index (χ3n) is 1.71. The molecule has 1 unspecified atom stereocenters. The predicted octanol–water partition coefficient (Wildman–Crippen LogP) is 1.22. The van der Waals surface area contributed by atoms with E-state index in [9.17, 15) is 18.0 Å². The number of halogens is 3. The van der Waals surface area contributed by atoms with Gasteiger partial charge in [0.25, 0.3) is 0 Å². The van der Waals surface area contributed by atoms with E-state index in [0.717, 1.165) is 0 Å². The van der Waals surface area contributed by atoms with Gasteiger partial charge in [-0.1, -0.05) is 6.92 Å². The third-order valence-corrected chi connectivity index (χ3v) is 1.71. The zero-order chi connectivity index (χ0) is 11.2. The van der Waals surface area contributed by atoms with Crippen molar-refractivity contribution in [2.24, 2.45) is 0 Å². The van der Waals surface area contributed by atoms with Gasteiger partial charge >= 0.3 is 6.18 Å². The maximum atomic E-state index is 11.7. The molecule has 0 aromatic carbocycles.